The van der Waals surface area contributed by atoms with E-state index in [-0.39, 0.29) is 0 Å². The van der Waals surface area contributed by atoms with Crippen LogP contribution in [-0.4, -0.2) is 20.5 Å². The van der Waals surface area contributed by atoms with Gasteiger partial charge in [-0.2, -0.15) is 0 Å². The lowest BCUT2D eigenvalue weighted by atomic mass is 10.0. The number of benzene rings is 1. The van der Waals surface area contributed by atoms with E-state index in [2.05, 4.69) is 17.0 Å². The standard InChI is InChI=1S/C14H24N2O2S/c1-5-11-15-12-7-9-13(10-8-12)19(17,18)16-14(3,4)6-2/h7-10,15-16H,5-6,11H2,1-4H3. The van der Waals surface area contributed by atoms with E-state index in [0.29, 0.717) is 4.90 Å². The molecule has 108 valence electrons. The highest BCUT2D eigenvalue weighted by molar-refractivity contribution is 7.89. The minimum absolute atomic E-state index is 0.302. The van der Waals surface area contributed by atoms with Crippen LogP contribution in [0.15, 0.2) is 29.2 Å². The summed E-state index contributed by atoms with van der Waals surface area (Å²) in [5, 5.41) is 3.22. The maximum atomic E-state index is 12.2. The summed E-state index contributed by atoms with van der Waals surface area (Å²) < 4.78 is 27.1. The Morgan fingerprint density at radius 2 is 1.68 bits per heavy atom. The molecular weight excluding hydrogens is 260 g/mol. The van der Waals surface area contributed by atoms with Gasteiger partial charge in [-0.1, -0.05) is 13.8 Å². The van der Waals surface area contributed by atoms with Gasteiger partial charge in [-0.3, -0.25) is 0 Å². The Bertz CT molecular complexity index is 493. The van der Waals surface area contributed by atoms with Crippen LogP contribution in [-0.2, 0) is 10.0 Å². The van der Waals surface area contributed by atoms with Gasteiger partial charge in [0.05, 0.1) is 4.90 Å². The summed E-state index contributed by atoms with van der Waals surface area (Å²) in [7, 11) is -3.45. The molecule has 0 heterocycles. The highest BCUT2D eigenvalue weighted by Gasteiger charge is 2.24. The lowest BCUT2D eigenvalue weighted by molar-refractivity contribution is 0.439. The van der Waals surface area contributed by atoms with Gasteiger partial charge in [-0.25, -0.2) is 13.1 Å². The lowest BCUT2D eigenvalue weighted by Crippen LogP contribution is -2.42. The van der Waals surface area contributed by atoms with Crippen molar-refractivity contribution in [3.8, 4) is 0 Å². The maximum absolute atomic E-state index is 12.2. The third kappa shape index (κ3) is 4.84. The molecule has 5 heteroatoms. The van der Waals surface area contributed by atoms with Crippen LogP contribution in [0.2, 0.25) is 0 Å². The predicted octanol–water partition coefficient (Wildman–Crippen LogP) is 2.98. The van der Waals surface area contributed by atoms with E-state index in [9.17, 15) is 8.42 Å². The summed E-state index contributed by atoms with van der Waals surface area (Å²) in [4.78, 5) is 0.302. The highest BCUT2D eigenvalue weighted by atomic mass is 32.2. The number of anilines is 1. The van der Waals surface area contributed by atoms with Gasteiger partial charge in [0.25, 0.3) is 0 Å². The van der Waals surface area contributed by atoms with Gasteiger partial charge in [0, 0.05) is 17.8 Å². The van der Waals surface area contributed by atoms with Crippen LogP contribution in [0.4, 0.5) is 5.69 Å². The molecule has 1 aromatic rings. The largest absolute Gasteiger partial charge is 0.385 e. The molecule has 0 aliphatic carbocycles. The number of rotatable bonds is 7. The van der Waals surface area contributed by atoms with Gasteiger partial charge in [-0.05, 0) is 51.0 Å². The van der Waals surface area contributed by atoms with Crippen molar-refractivity contribution >= 4 is 15.7 Å². The average molecular weight is 284 g/mol. The molecule has 4 nitrogen and oxygen atoms in total. The summed E-state index contributed by atoms with van der Waals surface area (Å²) in [6.45, 7) is 8.68. The van der Waals surface area contributed by atoms with E-state index >= 15 is 0 Å². The monoisotopic (exact) mass is 284 g/mol. The molecule has 19 heavy (non-hydrogen) atoms. The zero-order valence-electron chi connectivity index (χ0n) is 12.2. The van der Waals surface area contributed by atoms with Crippen molar-refractivity contribution in [1.29, 1.82) is 0 Å². The summed E-state index contributed by atoms with van der Waals surface area (Å²) in [5.41, 5.74) is 0.508. The zero-order valence-corrected chi connectivity index (χ0v) is 13.0. The molecule has 0 radical (unpaired) electrons. The summed E-state index contributed by atoms with van der Waals surface area (Å²) in [5.74, 6) is 0. The zero-order chi connectivity index (χ0) is 14.5. The summed E-state index contributed by atoms with van der Waals surface area (Å²) in [6.07, 6.45) is 1.77. The van der Waals surface area contributed by atoms with E-state index < -0.39 is 15.6 Å². The molecule has 0 saturated carbocycles. The van der Waals surface area contributed by atoms with Crippen molar-refractivity contribution in [2.24, 2.45) is 0 Å². The third-order valence-corrected chi connectivity index (χ3v) is 4.75. The maximum Gasteiger partial charge on any atom is 0.241 e. The van der Waals surface area contributed by atoms with Gasteiger partial charge in [0.15, 0.2) is 0 Å². The molecule has 0 atom stereocenters. The second-order valence-corrected chi connectivity index (χ2v) is 6.98. The highest BCUT2D eigenvalue weighted by Crippen LogP contribution is 2.17. The van der Waals surface area contributed by atoms with Crippen LogP contribution in [0, 0.1) is 0 Å². The molecule has 0 unspecified atom stereocenters. The van der Waals surface area contributed by atoms with Gasteiger partial charge in [0.1, 0.15) is 0 Å². The first kappa shape index (κ1) is 16.0. The van der Waals surface area contributed by atoms with Crippen LogP contribution in [0.1, 0.15) is 40.5 Å². The SMILES string of the molecule is CCCNc1ccc(S(=O)(=O)NC(C)(C)CC)cc1. The van der Waals surface area contributed by atoms with Crippen LogP contribution in [0.5, 0.6) is 0 Å². The average Bonchev–Trinajstić information content (AvgIpc) is 2.35. The molecule has 0 saturated heterocycles. The van der Waals surface area contributed by atoms with Gasteiger partial charge >= 0.3 is 0 Å². The topological polar surface area (TPSA) is 58.2 Å². The van der Waals surface area contributed by atoms with E-state index in [1.54, 1.807) is 24.3 Å². The fourth-order valence-corrected chi connectivity index (χ4v) is 3.00. The normalized spacial score (nSPS) is 12.4. The lowest BCUT2D eigenvalue weighted by Gasteiger charge is -2.24. The first-order valence-corrected chi connectivity index (χ1v) is 8.17. The fourth-order valence-electron chi connectivity index (χ4n) is 1.52. The molecule has 2 N–H and O–H groups in total. The van der Waals surface area contributed by atoms with Gasteiger partial charge in [0.2, 0.25) is 10.0 Å². The Morgan fingerprint density at radius 1 is 1.11 bits per heavy atom. The van der Waals surface area contributed by atoms with Crippen LogP contribution < -0.4 is 10.0 Å². The van der Waals surface area contributed by atoms with Crippen molar-refractivity contribution in [3.63, 3.8) is 0 Å². The Hall–Kier alpha value is -1.07. The molecule has 0 bridgehead atoms. The second kappa shape index (κ2) is 6.39. The molecule has 0 fully saturated rings. The van der Waals surface area contributed by atoms with Gasteiger partial charge in [-0.15, -0.1) is 0 Å². The molecule has 0 aromatic heterocycles. The quantitative estimate of drug-likeness (QED) is 0.809. The van der Waals surface area contributed by atoms with Gasteiger partial charge < -0.3 is 5.32 Å². The number of sulfonamides is 1. The molecule has 1 aromatic carbocycles. The van der Waals surface area contributed by atoms with Crippen molar-refractivity contribution in [1.82, 2.24) is 4.72 Å². The van der Waals surface area contributed by atoms with E-state index in [4.69, 9.17) is 0 Å². The van der Waals surface area contributed by atoms with E-state index in [1.165, 1.54) is 0 Å². The van der Waals surface area contributed by atoms with Crippen LogP contribution in [0.25, 0.3) is 0 Å². The second-order valence-electron chi connectivity index (χ2n) is 5.29. The molecule has 0 aliphatic heterocycles. The third-order valence-electron chi connectivity index (χ3n) is 3.04. The molecule has 0 spiro atoms. The predicted molar refractivity (Wildman–Crippen MR) is 79.9 cm³/mol. The molecular formula is C14H24N2O2S. The first-order valence-electron chi connectivity index (χ1n) is 6.68. The fraction of sp³-hybridized carbons (Fsp3) is 0.571. The Labute approximate surface area is 116 Å². The number of hydrogen-bond acceptors (Lipinski definition) is 3. The smallest absolute Gasteiger partial charge is 0.241 e. The van der Waals surface area contributed by atoms with Crippen molar-refractivity contribution in [3.05, 3.63) is 24.3 Å². The number of nitrogens with one attached hydrogen (secondary N) is 2. The van der Waals surface area contributed by atoms with E-state index in [1.807, 2.05) is 20.8 Å². The molecule has 0 amide bonds. The Kier molecular flexibility index (Phi) is 5.38. The molecule has 0 aliphatic rings. The van der Waals surface area contributed by atoms with Crippen LogP contribution in [0.3, 0.4) is 0 Å². The van der Waals surface area contributed by atoms with E-state index in [0.717, 1.165) is 25.1 Å². The van der Waals surface area contributed by atoms with Crippen molar-refractivity contribution in [2.45, 2.75) is 51.0 Å². The van der Waals surface area contributed by atoms with Crippen LogP contribution >= 0.6 is 0 Å². The summed E-state index contributed by atoms with van der Waals surface area (Å²) in [6, 6.07) is 6.85. The minimum atomic E-state index is -3.45. The van der Waals surface area contributed by atoms with Crippen molar-refractivity contribution < 1.29 is 8.42 Å². The van der Waals surface area contributed by atoms with Crippen molar-refractivity contribution in [2.75, 3.05) is 11.9 Å². The Balaban J connectivity index is 2.85. The molecule has 1 rings (SSSR count). The minimum Gasteiger partial charge on any atom is -0.385 e. The number of hydrogen-bond donors (Lipinski definition) is 2. The first-order chi connectivity index (χ1) is 8.80. The summed E-state index contributed by atoms with van der Waals surface area (Å²) >= 11 is 0. The Morgan fingerprint density at radius 3 is 2.16 bits per heavy atom.